The highest BCUT2D eigenvalue weighted by atomic mass is 35.5. The van der Waals surface area contributed by atoms with Crippen molar-refractivity contribution in [1.82, 2.24) is 0 Å². The molecule has 1 atom stereocenters. The van der Waals surface area contributed by atoms with Gasteiger partial charge in [0.05, 0.1) is 18.4 Å². The number of esters is 1. The Bertz CT molecular complexity index is 889. The molecule has 5 nitrogen and oxygen atoms in total. The molecule has 1 aliphatic rings. The van der Waals surface area contributed by atoms with Gasteiger partial charge in [-0.05, 0) is 18.1 Å². The van der Waals surface area contributed by atoms with Gasteiger partial charge >= 0.3 is 12.1 Å². The molecule has 0 fully saturated rings. The largest absolute Gasteiger partial charge is 0.465 e. The van der Waals surface area contributed by atoms with E-state index < -0.39 is 12.1 Å². The van der Waals surface area contributed by atoms with Crippen molar-refractivity contribution in [3.63, 3.8) is 0 Å². The van der Waals surface area contributed by atoms with Gasteiger partial charge in [0.15, 0.2) is 0 Å². The smallest absolute Gasteiger partial charge is 0.412 e. The zero-order valence-corrected chi connectivity index (χ0v) is 16.2. The van der Waals surface area contributed by atoms with Gasteiger partial charge in [-0.1, -0.05) is 54.1 Å². The maximum atomic E-state index is 12.3. The molecular weight excluding hydrogens is 386 g/mol. The van der Waals surface area contributed by atoms with E-state index in [4.69, 9.17) is 21.1 Å². The molecule has 1 unspecified atom stereocenters. The first-order valence-electron chi connectivity index (χ1n) is 8.29. The number of carbonyl (C=O) groups excluding carboxylic acids is 2. The van der Waals surface area contributed by atoms with E-state index in [1.54, 1.807) is 11.5 Å². The number of ether oxygens (including phenoxy) is 2. The highest BCUT2D eigenvalue weighted by molar-refractivity contribution is 7.11. The SMILES string of the molecule is COC(=O)c1c(NC(=O)OCc2ccccc2)csc1C1C=CC(Cl)=CC1. The molecule has 1 N–H and O–H groups in total. The quantitative estimate of drug-likeness (QED) is 0.674. The first-order chi connectivity index (χ1) is 13.1. The van der Waals surface area contributed by atoms with Crippen LogP contribution in [-0.4, -0.2) is 19.2 Å². The average molecular weight is 404 g/mol. The van der Waals surface area contributed by atoms with Gasteiger partial charge in [-0.3, -0.25) is 5.32 Å². The molecule has 3 rings (SSSR count). The molecule has 1 aliphatic carbocycles. The van der Waals surface area contributed by atoms with Crippen molar-refractivity contribution >= 4 is 40.7 Å². The Morgan fingerprint density at radius 1 is 1.30 bits per heavy atom. The Morgan fingerprint density at radius 2 is 2.07 bits per heavy atom. The number of nitrogens with one attached hydrogen (secondary N) is 1. The molecule has 0 saturated heterocycles. The third-order valence-electron chi connectivity index (χ3n) is 4.05. The number of thiophene rings is 1. The van der Waals surface area contributed by atoms with E-state index in [9.17, 15) is 9.59 Å². The molecule has 0 saturated carbocycles. The molecular formula is C20H18ClNO4S. The lowest BCUT2D eigenvalue weighted by atomic mass is 9.96. The number of hydrogen-bond acceptors (Lipinski definition) is 5. The summed E-state index contributed by atoms with van der Waals surface area (Å²) in [6, 6.07) is 9.36. The number of halogens is 1. The lowest BCUT2D eigenvalue weighted by Crippen LogP contribution is -2.16. The highest BCUT2D eigenvalue weighted by Gasteiger charge is 2.26. The second-order valence-electron chi connectivity index (χ2n) is 5.86. The fraction of sp³-hybridized carbons (Fsp3) is 0.200. The van der Waals surface area contributed by atoms with E-state index in [0.29, 0.717) is 22.7 Å². The summed E-state index contributed by atoms with van der Waals surface area (Å²) in [7, 11) is 1.31. The van der Waals surface area contributed by atoms with E-state index in [2.05, 4.69) is 5.32 Å². The van der Waals surface area contributed by atoms with Crippen LogP contribution >= 0.6 is 22.9 Å². The molecule has 1 amide bonds. The predicted molar refractivity (Wildman–Crippen MR) is 106 cm³/mol. The Hall–Kier alpha value is -2.57. The van der Waals surface area contributed by atoms with Crippen LogP contribution in [0.4, 0.5) is 10.5 Å². The Labute approximate surface area is 166 Å². The molecule has 0 radical (unpaired) electrons. The maximum Gasteiger partial charge on any atom is 0.412 e. The highest BCUT2D eigenvalue weighted by Crippen LogP contribution is 2.38. The van der Waals surface area contributed by atoms with E-state index in [1.807, 2.05) is 42.5 Å². The predicted octanol–water partition coefficient (Wildman–Crippen LogP) is 5.45. The van der Waals surface area contributed by atoms with Crippen molar-refractivity contribution < 1.29 is 19.1 Å². The van der Waals surface area contributed by atoms with Crippen LogP contribution in [0.2, 0.25) is 0 Å². The normalized spacial score (nSPS) is 15.8. The summed E-state index contributed by atoms with van der Waals surface area (Å²) in [4.78, 5) is 25.3. The molecule has 1 aromatic carbocycles. The third kappa shape index (κ3) is 4.78. The van der Waals surface area contributed by atoms with Gasteiger partial charge in [-0.2, -0.15) is 0 Å². The van der Waals surface area contributed by atoms with Crippen molar-refractivity contribution in [2.24, 2.45) is 0 Å². The van der Waals surface area contributed by atoms with Crippen LogP contribution in [0.5, 0.6) is 0 Å². The zero-order chi connectivity index (χ0) is 19.2. The van der Waals surface area contributed by atoms with Crippen molar-refractivity contribution in [1.29, 1.82) is 0 Å². The van der Waals surface area contributed by atoms with Gasteiger partial charge in [0.2, 0.25) is 0 Å². The minimum absolute atomic E-state index is 0.00230. The molecule has 140 valence electrons. The van der Waals surface area contributed by atoms with Crippen molar-refractivity contribution in [3.05, 3.63) is 75.0 Å². The van der Waals surface area contributed by atoms with Gasteiger partial charge in [-0.15, -0.1) is 11.3 Å². The van der Waals surface area contributed by atoms with Crippen molar-refractivity contribution in [2.75, 3.05) is 12.4 Å². The first kappa shape index (κ1) is 19.2. The van der Waals surface area contributed by atoms with Gasteiger partial charge in [0.1, 0.15) is 6.61 Å². The van der Waals surface area contributed by atoms with E-state index in [-0.39, 0.29) is 12.5 Å². The van der Waals surface area contributed by atoms with Crippen LogP contribution in [0.1, 0.15) is 33.1 Å². The number of carbonyl (C=O) groups is 2. The second kappa shape index (κ2) is 8.88. The topological polar surface area (TPSA) is 64.6 Å². The standard InChI is InChI=1S/C20H18ClNO4S/c1-25-19(23)17-16(12-27-18(17)14-7-9-15(21)10-8-14)22-20(24)26-11-13-5-3-2-4-6-13/h2-7,9-10,12,14H,8,11H2,1H3,(H,22,24). The van der Waals surface area contributed by atoms with Gasteiger partial charge in [0.25, 0.3) is 0 Å². The molecule has 1 heterocycles. The molecule has 0 aliphatic heterocycles. The monoisotopic (exact) mass is 403 g/mol. The van der Waals surface area contributed by atoms with Crippen LogP contribution in [0.15, 0.2) is 59.0 Å². The second-order valence-corrected chi connectivity index (χ2v) is 7.20. The van der Waals surface area contributed by atoms with Crippen LogP contribution in [0.25, 0.3) is 0 Å². The maximum absolute atomic E-state index is 12.3. The summed E-state index contributed by atoms with van der Waals surface area (Å²) >= 11 is 7.36. The molecule has 0 bridgehead atoms. The van der Waals surface area contributed by atoms with E-state index >= 15 is 0 Å². The summed E-state index contributed by atoms with van der Waals surface area (Å²) in [6.07, 6.45) is 5.69. The number of rotatable bonds is 5. The zero-order valence-electron chi connectivity index (χ0n) is 14.6. The fourth-order valence-electron chi connectivity index (χ4n) is 2.71. The number of allylic oxidation sites excluding steroid dienone is 4. The van der Waals surface area contributed by atoms with Crippen molar-refractivity contribution in [3.8, 4) is 0 Å². The fourth-order valence-corrected chi connectivity index (χ4v) is 3.95. The number of methoxy groups -OCH3 is 1. The van der Waals surface area contributed by atoms with Gasteiger partial charge in [-0.25, -0.2) is 9.59 Å². The summed E-state index contributed by atoms with van der Waals surface area (Å²) < 4.78 is 10.1. The number of anilines is 1. The summed E-state index contributed by atoms with van der Waals surface area (Å²) in [5.41, 5.74) is 1.61. The Balaban J connectivity index is 1.74. The van der Waals surface area contributed by atoms with Crippen LogP contribution in [-0.2, 0) is 16.1 Å². The van der Waals surface area contributed by atoms with Crippen LogP contribution in [0.3, 0.4) is 0 Å². The molecule has 27 heavy (non-hydrogen) atoms. The Kier molecular flexibility index (Phi) is 6.32. The minimum atomic E-state index is -0.629. The first-order valence-corrected chi connectivity index (χ1v) is 9.55. The van der Waals surface area contributed by atoms with Gasteiger partial charge < -0.3 is 9.47 Å². The van der Waals surface area contributed by atoms with Crippen LogP contribution in [0, 0.1) is 0 Å². The molecule has 7 heteroatoms. The van der Waals surface area contributed by atoms with Gasteiger partial charge in [0, 0.05) is 21.2 Å². The molecule has 1 aromatic heterocycles. The lowest BCUT2D eigenvalue weighted by Gasteiger charge is -2.15. The molecule has 0 spiro atoms. The van der Waals surface area contributed by atoms with Crippen molar-refractivity contribution in [2.45, 2.75) is 18.9 Å². The van der Waals surface area contributed by atoms with E-state index in [1.165, 1.54) is 18.4 Å². The summed E-state index contributed by atoms with van der Waals surface area (Å²) in [6.45, 7) is 0.145. The number of hydrogen-bond donors (Lipinski definition) is 1. The number of amides is 1. The van der Waals surface area contributed by atoms with Crippen LogP contribution < -0.4 is 5.32 Å². The Morgan fingerprint density at radius 3 is 2.74 bits per heavy atom. The summed E-state index contributed by atoms with van der Waals surface area (Å²) in [5.74, 6) is -0.499. The lowest BCUT2D eigenvalue weighted by molar-refractivity contribution is 0.0601. The average Bonchev–Trinajstić information content (AvgIpc) is 3.10. The summed E-state index contributed by atoms with van der Waals surface area (Å²) in [5, 5.41) is 5.04. The third-order valence-corrected chi connectivity index (χ3v) is 5.44. The van der Waals surface area contributed by atoms with E-state index in [0.717, 1.165) is 10.4 Å². The molecule has 2 aromatic rings. The number of benzene rings is 1. The minimum Gasteiger partial charge on any atom is -0.465 e.